The molecule has 0 amide bonds. The van der Waals surface area contributed by atoms with Crippen molar-refractivity contribution in [3.63, 3.8) is 0 Å². The van der Waals surface area contributed by atoms with Crippen molar-refractivity contribution < 1.29 is 4.74 Å². The molecular formula is C7H13BO. The minimum absolute atomic E-state index is 0.368. The molecule has 3 atom stereocenters. The molecule has 3 unspecified atom stereocenters. The lowest BCUT2D eigenvalue weighted by Crippen LogP contribution is -2.14. The monoisotopic (exact) mass is 124 g/mol. The fraction of sp³-hybridized carbons (Fsp3) is 0.714. The van der Waals surface area contributed by atoms with Crippen LogP contribution in [0.5, 0.6) is 0 Å². The molecule has 0 N–H and O–H groups in total. The van der Waals surface area contributed by atoms with Gasteiger partial charge in [0.05, 0.1) is 11.8 Å². The molecule has 0 bridgehead atoms. The highest BCUT2D eigenvalue weighted by Gasteiger charge is 2.30. The summed E-state index contributed by atoms with van der Waals surface area (Å²) in [6.45, 7) is 8.18. The third-order valence-electron chi connectivity index (χ3n) is 2.37. The number of ether oxygens (including phenoxy) is 1. The second-order valence-corrected chi connectivity index (χ2v) is 2.94. The van der Waals surface area contributed by atoms with Crippen LogP contribution in [0.15, 0.2) is 12.3 Å². The molecular weight excluding hydrogens is 111 g/mol. The average Bonchev–Trinajstić information content (AvgIpc) is 1.98. The lowest BCUT2D eigenvalue weighted by molar-refractivity contribution is 0.208. The smallest absolute Gasteiger partial charge is 0.155 e. The van der Waals surface area contributed by atoms with Crippen LogP contribution < -0.4 is 0 Å². The SMILES string of the molecule is BC1OC(=C)C(C)C1C. The van der Waals surface area contributed by atoms with Gasteiger partial charge in [0.2, 0.25) is 0 Å². The van der Waals surface area contributed by atoms with E-state index >= 15 is 0 Å². The van der Waals surface area contributed by atoms with E-state index in [1.807, 2.05) is 0 Å². The molecule has 1 nitrogen and oxygen atoms in total. The Kier molecular flexibility index (Phi) is 1.56. The zero-order valence-corrected chi connectivity index (χ0v) is 6.35. The fourth-order valence-electron chi connectivity index (χ4n) is 1.15. The van der Waals surface area contributed by atoms with Crippen LogP contribution in [0, 0.1) is 11.8 Å². The third-order valence-corrected chi connectivity index (χ3v) is 2.37. The summed E-state index contributed by atoms with van der Waals surface area (Å²) < 4.78 is 5.39. The van der Waals surface area contributed by atoms with Gasteiger partial charge in [-0.1, -0.05) is 20.4 Å². The van der Waals surface area contributed by atoms with Crippen molar-refractivity contribution in [1.82, 2.24) is 0 Å². The lowest BCUT2D eigenvalue weighted by atomic mass is 9.83. The molecule has 0 aliphatic carbocycles. The highest BCUT2D eigenvalue weighted by molar-refractivity contribution is 6.11. The molecule has 9 heavy (non-hydrogen) atoms. The van der Waals surface area contributed by atoms with E-state index in [1.54, 1.807) is 0 Å². The molecule has 0 aromatic carbocycles. The summed E-state index contributed by atoms with van der Waals surface area (Å²) in [7, 11) is 2.10. The highest BCUT2D eigenvalue weighted by Crippen LogP contribution is 2.31. The third kappa shape index (κ3) is 0.981. The summed E-state index contributed by atoms with van der Waals surface area (Å²) in [6, 6.07) is 0.368. The van der Waals surface area contributed by atoms with Gasteiger partial charge in [-0.05, 0) is 5.92 Å². The van der Waals surface area contributed by atoms with Gasteiger partial charge in [-0.2, -0.15) is 0 Å². The summed E-state index contributed by atoms with van der Waals surface area (Å²) in [5.41, 5.74) is 0. The molecule has 1 aliphatic rings. The first-order chi connectivity index (χ1) is 4.13. The Bertz CT molecular complexity index is 133. The van der Waals surface area contributed by atoms with Gasteiger partial charge in [-0.25, -0.2) is 0 Å². The van der Waals surface area contributed by atoms with E-state index in [1.165, 1.54) is 0 Å². The Hall–Kier alpha value is -0.395. The number of rotatable bonds is 0. The van der Waals surface area contributed by atoms with E-state index in [0.29, 0.717) is 17.8 Å². The minimum Gasteiger partial charge on any atom is -0.504 e. The maximum Gasteiger partial charge on any atom is 0.155 e. The van der Waals surface area contributed by atoms with Crippen LogP contribution in [0.25, 0.3) is 0 Å². The van der Waals surface area contributed by atoms with Crippen molar-refractivity contribution in [2.45, 2.75) is 19.9 Å². The van der Waals surface area contributed by atoms with Crippen LogP contribution in [0.2, 0.25) is 0 Å². The van der Waals surface area contributed by atoms with E-state index < -0.39 is 0 Å². The predicted octanol–water partition coefficient (Wildman–Crippen LogP) is 0.762. The van der Waals surface area contributed by atoms with Gasteiger partial charge in [0, 0.05) is 5.92 Å². The Balaban J connectivity index is 2.65. The topological polar surface area (TPSA) is 9.23 Å². The summed E-state index contributed by atoms with van der Waals surface area (Å²) in [5.74, 6) is 2.13. The Labute approximate surface area is 57.5 Å². The predicted molar refractivity (Wildman–Crippen MR) is 40.9 cm³/mol. The van der Waals surface area contributed by atoms with Crippen molar-refractivity contribution >= 4 is 7.85 Å². The normalized spacial score (nSPS) is 42.9. The number of hydrogen-bond donors (Lipinski definition) is 0. The number of hydrogen-bond acceptors (Lipinski definition) is 1. The quantitative estimate of drug-likeness (QED) is 0.433. The van der Waals surface area contributed by atoms with Crippen molar-refractivity contribution in [1.29, 1.82) is 0 Å². The maximum atomic E-state index is 5.39. The number of allylic oxidation sites excluding steroid dienone is 1. The Morgan fingerprint density at radius 1 is 1.56 bits per heavy atom. The lowest BCUT2D eigenvalue weighted by Gasteiger charge is -2.07. The maximum absolute atomic E-state index is 5.39. The van der Waals surface area contributed by atoms with Crippen LogP contribution in [-0.2, 0) is 4.74 Å². The van der Waals surface area contributed by atoms with Gasteiger partial charge in [0.1, 0.15) is 0 Å². The van der Waals surface area contributed by atoms with Crippen LogP contribution in [0.1, 0.15) is 13.8 Å². The highest BCUT2D eigenvalue weighted by atomic mass is 16.5. The van der Waals surface area contributed by atoms with E-state index in [9.17, 15) is 0 Å². The molecule has 1 aliphatic heterocycles. The van der Waals surface area contributed by atoms with Gasteiger partial charge in [-0.3, -0.25) is 0 Å². The second-order valence-electron chi connectivity index (χ2n) is 2.94. The fourth-order valence-corrected chi connectivity index (χ4v) is 1.15. The molecule has 50 valence electrons. The first-order valence-corrected chi connectivity index (χ1v) is 3.48. The van der Waals surface area contributed by atoms with Gasteiger partial charge < -0.3 is 4.74 Å². The Morgan fingerprint density at radius 3 is 2.22 bits per heavy atom. The molecule has 1 heterocycles. The molecule has 2 heteroatoms. The summed E-state index contributed by atoms with van der Waals surface area (Å²) in [6.07, 6.45) is 0. The van der Waals surface area contributed by atoms with Crippen molar-refractivity contribution in [2.24, 2.45) is 11.8 Å². The molecule has 1 fully saturated rings. The molecule has 0 spiro atoms. The summed E-state index contributed by atoms with van der Waals surface area (Å²) in [4.78, 5) is 0. The zero-order chi connectivity index (χ0) is 7.02. The first kappa shape index (κ1) is 6.72. The van der Waals surface area contributed by atoms with Crippen LogP contribution in [0.3, 0.4) is 0 Å². The zero-order valence-electron chi connectivity index (χ0n) is 6.35. The Morgan fingerprint density at radius 2 is 2.11 bits per heavy atom. The molecule has 0 aromatic rings. The molecule has 1 saturated heterocycles. The molecule has 0 aromatic heterocycles. The van der Waals surface area contributed by atoms with Gasteiger partial charge >= 0.3 is 0 Å². The standard InChI is InChI=1S/C7H13BO/c1-4-5(2)7(8)9-6(4)3/h4-5,7H,3,8H2,1-2H3. The van der Waals surface area contributed by atoms with E-state index in [0.717, 1.165) is 5.76 Å². The average molecular weight is 124 g/mol. The molecule has 1 rings (SSSR count). The van der Waals surface area contributed by atoms with Crippen molar-refractivity contribution in [3.8, 4) is 0 Å². The van der Waals surface area contributed by atoms with Crippen LogP contribution in [-0.4, -0.2) is 13.8 Å². The van der Waals surface area contributed by atoms with Gasteiger partial charge in [-0.15, -0.1) is 0 Å². The van der Waals surface area contributed by atoms with Gasteiger partial charge in [0.15, 0.2) is 7.85 Å². The summed E-state index contributed by atoms with van der Waals surface area (Å²) >= 11 is 0. The largest absolute Gasteiger partial charge is 0.504 e. The molecule has 0 radical (unpaired) electrons. The van der Waals surface area contributed by atoms with Crippen LogP contribution >= 0.6 is 0 Å². The van der Waals surface area contributed by atoms with Gasteiger partial charge in [0.25, 0.3) is 0 Å². The first-order valence-electron chi connectivity index (χ1n) is 3.48. The van der Waals surface area contributed by atoms with E-state index in [4.69, 9.17) is 4.74 Å². The van der Waals surface area contributed by atoms with Crippen LogP contribution in [0.4, 0.5) is 0 Å². The summed E-state index contributed by atoms with van der Waals surface area (Å²) in [5, 5.41) is 0. The van der Waals surface area contributed by atoms with Crippen molar-refractivity contribution in [3.05, 3.63) is 12.3 Å². The molecule has 0 saturated carbocycles. The minimum atomic E-state index is 0.368. The van der Waals surface area contributed by atoms with E-state index in [-0.39, 0.29) is 0 Å². The van der Waals surface area contributed by atoms with Crippen molar-refractivity contribution in [2.75, 3.05) is 0 Å². The van der Waals surface area contributed by atoms with E-state index in [2.05, 4.69) is 28.3 Å². The second kappa shape index (κ2) is 2.09.